The SMILES string of the molecule is CCc1nnc(CS(=O)(=O)CC2(O)CCC(C)CC2)n1C. The lowest BCUT2D eigenvalue weighted by atomic mass is 9.81. The number of sulfone groups is 1. The topological polar surface area (TPSA) is 85.1 Å². The maximum absolute atomic E-state index is 12.4. The Balaban J connectivity index is 2.06. The van der Waals surface area contributed by atoms with Crippen LogP contribution in [-0.2, 0) is 29.1 Å². The Morgan fingerprint density at radius 3 is 2.38 bits per heavy atom. The first-order valence-corrected chi connectivity index (χ1v) is 9.37. The molecule has 120 valence electrons. The van der Waals surface area contributed by atoms with Gasteiger partial charge in [-0.1, -0.05) is 13.8 Å². The number of aryl methyl sites for hydroxylation is 1. The van der Waals surface area contributed by atoms with Gasteiger partial charge in [0.15, 0.2) is 9.84 Å². The second-order valence-electron chi connectivity index (χ2n) is 6.38. The van der Waals surface area contributed by atoms with Gasteiger partial charge < -0.3 is 9.67 Å². The summed E-state index contributed by atoms with van der Waals surface area (Å²) in [6, 6.07) is 0. The standard InChI is InChI=1S/C14H25N3O3S/c1-4-12-15-16-13(17(12)3)9-21(19,20)10-14(18)7-5-11(2)6-8-14/h11,18H,4-10H2,1-3H3. The molecular weight excluding hydrogens is 290 g/mol. The number of aromatic nitrogens is 3. The van der Waals surface area contributed by atoms with Crippen molar-refractivity contribution in [1.29, 1.82) is 0 Å². The molecule has 1 saturated carbocycles. The first kappa shape index (κ1) is 16.4. The van der Waals surface area contributed by atoms with E-state index in [1.165, 1.54) is 0 Å². The highest BCUT2D eigenvalue weighted by atomic mass is 32.2. The summed E-state index contributed by atoms with van der Waals surface area (Å²) in [5.41, 5.74) is -1.07. The van der Waals surface area contributed by atoms with Crippen LogP contribution in [0.25, 0.3) is 0 Å². The van der Waals surface area contributed by atoms with Crippen molar-refractivity contribution in [3.8, 4) is 0 Å². The maximum atomic E-state index is 12.4. The van der Waals surface area contributed by atoms with E-state index in [0.29, 0.717) is 31.0 Å². The Bertz CT molecular complexity index is 587. The largest absolute Gasteiger partial charge is 0.389 e. The predicted molar refractivity (Wildman–Crippen MR) is 80.5 cm³/mol. The van der Waals surface area contributed by atoms with E-state index >= 15 is 0 Å². The minimum absolute atomic E-state index is 0.158. The van der Waals surface area contributed by atoms with Crippen molar-refractivity contribution in [2.75, 3.05) is 5.75 Å². The second kappa shape index (κ2) is 6.04. The Kier molecular flexibility index (Phi) is 4.72. The van der Waals surface area contributed by atoms with E-state index in [1.54, 1.807) is 11.6 Å². The lowest BCUT2D eigenvalue weighted by Gasteiger charge is -2.34. The van der Waals surface area contributed by atoms with Crippen molar-refractivity contribution in [2.45, 2.75) is 57.3 Å². The van der Waals surface area contributed by atoms with Crippen LogP contribution in [0, 0.1) is 5.92 Å². The van der Waals surface area contributed by atoms with E-state index < -0.39 is 15.4 Å². The summed E-state index contributed by atoms with van der Waals surface area (Å²) in [5, 5.41) is 18.4. The summed E-state index contributed by atoms with van der Waals surface area (Å²) >= 11 is 0. The van der Waals surface area contributed by atoms with Crippen LogP contribution in [-0.4, -0.2) is 39.6 Å². The molecule has 1 aliphatic carbocycles. The average Bonchev–Trinajstić information content (AvgIpc) is 2.73. The van der Waals surface area contributed by atoms with Crippen LogP contribution in [0.15, 0.2) is 0 Å². The van der Waals surface area contributed by atoms with Crippen molar-refractivity contribution in [1.82, 2.24) is 14.8 Å². The van der Waals surface area contributed by atoms with Gasteiger partial charge in [0.1, 0.15) is 17.4 Å². The molecule has 1 aromatic rings. The van der Waals surface area contributed by atoms with Crippen LogP contribution in [0.4, 0.5) is 0 Å². The first-order valence-electron chi connectivity index (χ1n) is 7.54. The molecular formula is C14H25N3O3S. The van der Waals surface area contributed by atoms with Crippen LogP contribution < -0.4 is 0 Å². The highest BCUT2D eigenvalue weighted by Crippen LogP contribution is 2.33. The van der Waals surface area contributed by atoms with Crippen LogP contribution in [0.2, 0.25) is 0 Å². The van der Waals surface area contributed by atoms with Gasteiger partial charge in [-0.15, -0.1) is 10.2 Å². The smallest absolute Gasteiger partial charge is 0.160 e. The normalized spacial score (nSPS) is 27.0. The predicted octanol–water partition coefficient (Wildman–Crippen LogP) is 1.23. The molecule has 0 radical (unpaired) electrons. The third kappa shape index (κ3) is 4.03. The molecule has 6 nitrogen and oxygen atoms in total. The quantitative estimate of drug-likeness (QED) is 0.883. The van der Waals surface area contributed by atoms with Crippen molar-refractivity contribution in [2.24, 2.45) is 13.0 Å². The summed E-state index contributed by atoms with van der Waals surface area (Å²) in [6.45, 7) is 4.09. The molecule has 0 unspecified atom stereocenters. The number of nitrogens with zero attached hydrogens (tertiary/aromatic N) is 3. The fourth-order valence-electron chi connectivity index (χ4n) is 2.93. The highest BCUT2D eigenvalue weighted by molar-refractivity contribution is 7.90. The van der Waals surface area contributed by atoms with Crippen molar-refractivity contribution < 1.29 is 13.5 Å². The maximum Gasteiger partial charge on any atom is 0.160 e. The second-order valence-corrected chi connectivity index (χ2v) is 8.45. The number of hydrogen-bond acceptors (Lipinski definition) is 5. The van der Waals surface area contributed by atoms with E-state index in [4.69, 9.17) is 0 Å². The summed E-state index contributed by atoms with van der Waals surface area (Å²) in [7, 11) is -1.62. The monoisotopic (exact) mass is 315 g/mol. The van der Waals surface area contributed by atoms with Crippen molar-refractivity contribution >= 4 is 9.84 Å². The van der Waals surface area contributed by atoms with Gasteiger partial charge in [0.2, 0.25) is 0 Å². The average molecular weight is 315 g/mol. The molecule has 1 aromatic heterocycles. The van der Waals surface area contributed by atoms with Crippen molar-refractivity contribution in [3.05, 3.63) is 11.6 Å². The minimum atomic E-state index is -3.40. The molecule has 1 fully saturated rings. The van der Waals surface area contributed by atoms with Gasteiger partial charge in [0, 0.05) is 13.5 Å². The summed E-state index contributed by atoms with van der Waals surface area (Å²) < 4.78 is 26.5. The van der Waals surface area contributed by atoms with Gasteiger partial charge in [-0.2, -0.15) is 0 Å². The van der Waals surface area contributed by atoms with Crippen molar-refractivity contribution in [3.63, 3.8) is 0 Å². The molecule has 7 heteroatoms. The van der Waals surface area contributed by atoms with Gasteiger partial charge in [-0.3, -0.25) is 0 Å². The van der Waals surface area contributed by atoms with E-state index in [-0.39, 0.29) is 11.5 Å². The zero-order valence-electron chi connectivity index (χ0n) is 13.0. The zero-order chi connectivity index (χ0) is 15.7. The molecule has 0 atom stereocenters. The van der Waals surface area contributed by atoms with E-state index in [9.17, 15) is 13.5 Å². The Morgan fingerprint density at radius 2 is 1.86 bits per heavy atom. The van der Waals surface area contributed by atoms with E-state index in [0.717, 1.165) is 18.7 Å². The molecule has 0 bridgehead atoms. The van der Waals surface area contributed by atoms with Gasteiger partial charge in [-0.05, 0) is 31.6 Å². The fraction of sp³-hybridized carbons (Fsp3) is 0.857. The molecule has 2 rings (SSSR count). The highest BCUT2D eigenvalue weighted by Gasteiger charge is 2.36. The molecule has 0 amide bonds. The molecule has 0 spiro atoms. The summed E-state index contributed by atoms with van der Waals surface area (Å²) in [6.07, 6.45) is 3.61. The van der Waals surface area contributed by atoms with Gasteiger partial charge in [0.05, 0.1) is 11.4 Å². The lowest BCUT2D eigenvalue weighted by molar-refractivity contribution is 0.0135. The van der Waals surface area contributed by atoms with Crippen LogP contribution >= 0.6 is 0 Å². The third-order valence-corrected chi connectivity index (χ3v) is 6.09. The molecule has 21 heavy (non-hydrogen) atoms. The Labute approximate surface area is 126 Å². The molecule has 0 aromatic carbocycles. The Hall–Kier alpha value is -0.950. The van der Waals surface area contributed by atoms with Crippen LogP contribution in [0.1, 0.15) is 51.2 Å². The molecule has 0 saturated heterocycles. The van der Waals surface area contributed by atoms with Gasteiger partial charge in [0.25, 0.3) is 0 Å². The minimum Gasteiger partial charge on any atom is -0.389 e. The number of rotatable bonds is 5. The lowest BCUT2D eigenvalue weighted by Crippen LogP contribution is -2.41. The molecule has 1 aliphatic rings. The van der Waals surface area contributed by atoms with Crippen LogP contribution in [0.5, 0.6) is 0 Å². The summed E-state index contributed by atoms with van der Waals surface area (Å²) in [5.74, 6) is 1.44. The van der Waals surface area contributed by atoms with Crippen LogP contribution in [0.3, 0.4) is 0 Å². The third-order valence-electron chi connectivity index (χ3n) is 4.41. The first-order chi connectivity index (χ1) is 9.75. The molecule has 1 heterocycles. The van der Waals surface area contributed by atoms with E-state index in [1.807, 2.05) is 6.92 Å². The summed E-state index contributed by atoms with van der Waals surface area (Å²) in [4.78, 5) is 0. The molecule has 1 N–H and O–H groups in total. The Morgan fingerprint density at radius 1 is 1.29 bits per heavy atom. The number of hydrogen-bond donors (Lipinski definition) is 1. The number of aliphatic hydroxyl groups is 1. The van der Waals surface area contributed by atoms with Gasteiger partial charge in [-0.25, -0.2) is 8.42 Å². The van der Waals surface area contributed by atoms with Gasteiger partial charge >= 0.3 is 0 Å². The fourth-order valence-corrected chi connectivity index (χ4v) is 4.79. The molecule has 0 aliphatic heterocycles. The van der Waals surface area contributed by atoms with E-state index in [2.05, 4.69) is 17.1 Å². The zero-order valence-corrected chi connectivity index (χ0v) is 13.9.